The van der Waals surface area contributed by atoms with Crippen LogP contribution in [0.15, 0.2) is 21.1 Å². The molecule has 0 radical (unpaired) electrons. The van der Waals surface area contributed by atoms with Gasteiger partial charge in [0.2, 0.25) is 0 Å². The maximum Gasteiger partial charge on any atom is 0.167 e. The van der Waals surface area contributed by atoms with Crippen LogP contribution in [0.25, 0.3) is 0 Å². The Labute approximate surface area is 116 Å². The zero-order chi connectivity index (χ0) is 12.2. The summed E-state index contributed by atoms with van der Waals surface area (Å²) in [7, 11) is 0. The summed E-state index contributed by atoms with van der Waals surface area (Å²) in [6.07, 6.45) is 3.62. The summed E-state index contributed by atoms with van der Waals surface area (Å²) in [5.74, 6) is 0.998. The van der Waals surface area contributed by atoms with Gasteiger partial charge in [-0.05, 0) is 24.7 Å². The second-order valence-electron chi connectivity index (χ2n) is 4.51. The van der Waals surface area contributed by atoms with Gasteiger partial charge in [0, 0.05) is 37.6 Å². The highest BCUT2D eigenvalue weighted by Crippen LogP contribution is 2.30. The zero-order valence-corrected chi connectivity index (χ0v) is 12.0. The second kappa shape index (κ2) is 6.02. The lowest BCUT2D eigenvalue weighted by Crippen LogP contribution is -2.29. The first-order chi connectivity index (χ1) is 8.93. The fourth-order valence-corrected chi connectivity index (χ4v) is 4.12. The lowest BCUT2D eigenvalue weighted by Gasteiger charge is -2.21. The predicted molar refractivity (Wildman–Crippen MR) is 81.3 cm³/mol. The molecule has 0 aromatic carbocycles. The van der Waals surface area contributed by atoms with Gasteiger partial charge in [-0.2, -0.15) is 0 Å². The first-order valence-corrected chi connectivity index (χ1v) is 8.39. The number of nitrogens with zero attached hydrogens (tertiary/aromatic N) is 3. The number of aliphatic imine (C=N–C) groups is 2. The summed E-state index contributed by atoms with van der Waals surface area (Å²) in [4.78, 5) is 11.5. The van der Waals surface area contributed by atoms with E-state index in [2.05, 4.69) is 25.6 Å². The minimum atomic E-state index is 0.972. The standard InChI is InChI=1S/C12H18N4S2/c1-2-7-16-10(9-18-12(16)15-4-1)8-17-11-13-5-3-6-14-11/h9H,1-8H2,(H,13,14). The molecule has 3 aliphatic heterocycles. The first-order valence-electron chi connectivity index (χ1n) is 6.52. The summed E-state index contributed by atoms with van der Waals surface area (Å²) in [5.41, 5.74) is 1.39. The third kappa shape index (κ3) is 2.85. The molecule has 0 aromatic heterocycles. The van der Waals surface area contributed by atoms with Crippen LogP contribution in [0.1, 0.15) is 19.3 Å². The smallest absolute Gasteiger partial charge is 0.167 e. The minimum Gasteiger partial charge on any atom is -0.365 e. The van der Waals surface area contributed by atoms with Gasteiger partial charge in [-0.1, -0.05) is 23.5 Å². The third-order valence-electron chi connectivity index (χ3n) is 3.14. The number of thioether (sulfide) groups is 2. The van der Waals surface area contributed by atoms with Gasteiger partial charge in [0.1, 0.15) is 0 Å². The van der Waals surface area contributed by atoms with Gasteiger partial charge in [-0.15, -0.1) is 0 Å². The lowest BCUT2D eigenvalue weighted by atomic mass is 10.3. The van der Waals surface area contributed by atoms with Crippen LogP contribution in [0, 0.1) is 0 Å². The zero-order valence-electron chi connectivity index (χ0n) is 10.4. The Morgan fingerprint density at radius 2 is 2.22 bits per heavy atom. The summed E-state index contributed by atoms with van der Waals surface area (Å²) < 4.78 is 0. The van der Waals surface area contributed by atoms with Crippen molar-refractivity contribution in [1.82, 2.24) is 10.2 Å². The van der Waals surface area contributed by atoms with Crippen molar-refractivity contribution in [3.63, 3.8) is 0 Å². The number of fused-ring (bicyclic) bond motifs is 1. The SMILES string of the molecule is C1=C(CSC2=NCCCN2)N2CCCCN=C2S1. The van der Waals surface area contributed by atoms with Crippen molar-refractivity contribution in [3.8, 4) is 0 Å². The Kier molecular flexibility index (Phi) is 4.15. The number of nitrogens with one attached hydrogen (secondary N) is 1. The number of hydrogen-bond donors (Lipinski definition) is 1. The van der Waals surface area contributed by atoms with Crippen molar-refractivity contribution in [3.05, 3.63) is 11.1 Å². The Hall–Kier alpha value is -0.620. The van der Waals surface area contributed by atoms with E-state index in [1.54, 1.807) is 11.8 Å². The topological polar surface area (TPSA) is 40.0 Å². The average Bonchev–Trinajstić information content (AvgIpc) is 2.65. The molecule has 0 unspecified atom stereocenters. The number of rotatable bonds is 2. The lowest BCUT2D eigenvalue weighted by molar-refractivity contribution is 0.517. The normalized spacial score (nSPS) is 23.6. The number of hydrogen-bond acceptors (Lipinski definition) is 6. The van der Waals surface area contributed by atoms with E-state index in [1.165, 1.54) is 23.7 Å². The van der Waals surface area contributed by atoms with Gasteiger partial charge in [-0.25, -0.2) is 0 Å². The van der Waals surface area contributed by atoms with Crippen LogP contribution in [0.2, 0.25) is 0 Å². The van der Waals surface area contributed by atoms with Crippen molar-refractivity contribution < 1.29 is 0 Å². The molecule has 98 valence electrons. The van der Waals surface area contributed by atoms with Crippen molar-refractivity contribution in [2.45, 2.75) is 19.3 Å². The molecule has 3 aliphatic rings. The van der Waals surface area contributed by atoms with Crippen LogP contribution < -0.4 is 5.32 Å². The Bertz CT molecular complexity index is 403. The average molecular weight is 282 g/mol. The van der Waals surface area contributed by atoms with Crippen molar-refractivity contribution in [2.24, 2.45) is 9.98 Å². The molecule has 3 rings (SSSR count). The third-order valence-corrected chi connectivity index (χ3v) is 5.08. The van der Waals surface area contributed by atoms with Gasteiger partial charge in [0.15, 0.2) is 10.3 Å². The molecule has 0 saturated heterocycles. The Morgan fingerprint density at radius 3 is 3.11 bits per heavy atom. The molecule has 1 N–H and O–H groups in total. The molecule has 0 aliphatic carbocycles. The van der Waals surface area contributed by atoms with Gasteiger partial charge < -0.3 is 10.2 Å². The first kappa shape index (κ1) is 12.4. The van der Waals surface area contributed by atoms with Gasteiger partial charge in [0.05, 0.1) is 0 Å². The summed E-state index contributed by atoms with van der Waals surface area (Å²) in [6, 6.07) is 0. The van der Waals surface area contributed by atoms with Crippen LogP contribution in [0.3, 0.4) is 0 Å². The van der Waals surface area contributed by atoms with Crippen LogP contribution in [0.4, 0.5) is 0 Å². The van der Waals surface area contributed by atoms with E-state index in [-0.39, 0.29) is 0 Å². The molecule has 0 fully saturated rings. The molecule has 6 heteroatoms. The highest BCUT2D eigenvalue weighted by molar-refractivity contribution is 8.17. The van der Waals surface area contributed by atoms with Gasteiger partial charge in [-0.3, -0.25) is 9.98 Å². The molecular weight excluding hydrogens is 264 g/mol. The van der Waals surface area contributed by atoms with E-state index in [1.807, 2.05) is 11.8 Å². The number of amidine groups is 2. The monoisotopic (exact) mass is 282 g/mol. The fourth-order valence-electron chi connectivity index (χ4n) is 2.15. The van der Waals surface area contributed by atoms with E-state index in [4.69, 9.17) is 0 Å². The summed E-state index contributed by atoms with van der Waals surface area (Å²) >= 11 is 3.59. The molecule has 0 bridgehead atoms. The van der Waals surface area contributed by atoms with E-state index < -0.39 is 0 Å². The van der Waals surface area contributed by atoms with Gasteiger partial charge in [0.25, 0.3) is 0 Å². The molecule has 4 nitrogen and oxygen atoms in total. The molecule has 0 aromatic rings. The van der Waals surface area contributed by atoms with E-state index in [0.29, 0.717) is 0 Å². The molecule has 0 spiro atoms. The van der Waals surface area contributed by atoms with Crippen LogP contribution >= 0.6 is 23.5 Å². The maximum atomic E-state index is 4.63. The second-order valence-corrected chi connectivity index (χ2v) is 6.31. The Balaban J connectivity index is 1.58. The van der Waals surface area contributed by atoms with Crippen LogP contribution in [0.5, 0.6) is 0 Å². The largest absolute Gasteiger partial charge is 0.365 e. The maximum absolute atomic E-state index is 4.63. The van der Waals surface area contributed by atoms with Crippen molar-refractivity contribution in [1.29, 1.82) is 0 Å². The quantitative estimate of drug-likeness (QED) is 0.842. The van der Waals surface area contributed by atoms with E-state index in [0.717, 1.165) is 43.5 Å². The molecule has 0 saturated carbocycles. The molecule has 0 amide bonds. The molecule has 0 atom stereocenters. The summed E-state index contributed by atoms with van der Waals surface area (Å²) in [6.45, 7) is 4.15. The van der Waals surface area contributed by atoms with Crippen molar-refractivity contribution >= 4 is 33.9 Å². The molecular formula is C12H18N4S2. The van der Waals surface area contributed by atoms with Gasteiger partial charge >= 0.3 is 0 Å². The minimum absolute atomic E-state index is 0.972. The summed E-state index contributed by atoms with van der Waals surface area (Å²) in [5, 5.41) is 7.91. The predicted octanol–water partition coefficient (Wildman–Crippen LogP) is 2.11. The highest BCUT2D eigenvalue weighted by atomic mass is 32.2. The van der Waals surface area contributed by atoms with E-state index in [9.17, 15) is 0 Å². The highest BCUT2D eigenvalue weighted by Gasteiger charge is 2.24. The van der Waals surface area contributed by atoms with Crippen LogP contribution in [-0.4, -0.2) is 47.2 Å². The fraction of sp³-hybridized carbons (Fsp3) is 0.667. The van der Waals surface area contributed by atoms with Crippen LogP contribution in [-0.2, 0) is 0 Å². The van der Waals surface area contributed by atoms with E-state index >= 15 is 0 Å². The Morgan fingerprint density at radius 1 is 1.28 bits per heavy atom. The van der Waals surface area contributed by atoms with Crippen molar-refractivity contribution in [2.75, 3.05) is 31.9 Å². The molecule has 3 heterocycles. The molecule has 18 heavy (non-hydrogen) atoms.